The summed E-state index contributed by atoms with van der Waals surface area (Å²) in [6.45, 7) is 6.66. The van der Waals surface area contributed by atoms with Gasteiger partial charge in [-0.25, -0.2) is 8.42 Å². The first-order valence-electron chi connectivity index (χ1n) is 11.9. The van der Waals surface area contributed by atoms with E-state index in [1.165, 1.54) is 11.4 Å². The highest BCUT2D eigenvalue weighted by Gasteiger charge is 2.26. The second kappa shape index (κ2) is 11.4. The minimum Gasteiger partial charge on any atom is -0.345 e. The predicted molar refractivity (Wildman–Crippen MR) is 139 cm³/mol. The second-order valence-electron chi connectivity index (χ2n) is 9.14. The zero-order valence-electron chi connectivity index (χ0n) is 20.8. The molecule has 0 bridgehead atoms. The molecule has 1 aliphatic heterocycles. The highest BCUT2D eigenvalue weighted by Crippen LogP contribution is 2.30. The van der Waals surface area contributed by atoms with Gasteiger partial charge >= 0.3 is 0 Å². The molecule has 7 nitrogen and oxygen atoms in total. The van der Waals surface area contributed by atoms with Crippen molar-refractivity contribution in [3.63, 3.8) is 0 Å². The molecule has 2 aromatic rings. The van der Waals surface area contributed by atoms with Crippen molar-refractivity contribution >= 4 is 39.1 Å². The quantitative estimate of drug-likeness (QED) is 0.565. The van der Waals surface area contributed by atoms with E-state index in [0.717, 1.165) is 37.9 Å². The fourth-order valence-electron chi connectivity index (χ4n) is 4.35. The van der Waals surface area contributed by atoms with Crippen LogP contribution in [-0.4, -0.2) is 51.3 Å². The third-order valence-corrected chi connectivity index (χ3v) is 8.78. The van der Waals surface area contributed by atoms with E-state index in [9.17, 15) is 18.0 Å². The minimum absolute atomic E-state index is 0.0575. The lowest BCUT2D eigenvalue weighted by atomic mass is 10.1. The molecule has 0 spiro atoms. The van der Waals surface area contributed by atoms with Crippen LogP contribution >= 0.6 is 11.6 Å². The van der Waals surface area contributed by atoms with Crippen LogP contribution in [0.4, 0.5) is 5.69 Å². The Morgan fingerprint density at radius 3 is 2.43 bits per heavy atom. The third kappa shape index (κ3) is 6.35. The van der Waals surface area contributed by atoms with E-state index in [0.29, 0.717) is 28.3 Å². The Morgan fingerprint density at radius 1 is 1.09 bits per heavy atom. The average Bonchev–Trinajstić information content (AvgIpc) is 2.84. The Bertz CT molecular complexity index is 1190. The number of nitrogens with one attached hydrogen (secondary N) is 1. The van der Waals surface area contributed by atoms with E-state index in [1.54, 1.807) is 45.0 Å². The van der Waals surface area contributed by atoms with Gasteiger partial charge in [0, 0.05) is 31.6 Å². The number of likely N-dealkylation sites (tertiary alicyclic amines) is 1. The van der Waals surface area contributed by atoms with Gasteiger partial charge < -0.3 is 10.2 Å². The van der Waals surface area contributed by atoms with Gasteiger partial charge in [-0.05, 0) is 81.3 Å². The fraction of sp³-hybridized carbons (Fsp3) is 0.462. The SMILES string of the molecule is Cc1cc(S(=O)(=O)N(C)c2ccccc2CCC(=O)N[C@@H](C)C(=O)N2CCCCC2)c(C)cc1Cl. The zero-order chi connectivity index (χ0) is 25.8. The van der Waals surface area contributed by atoms with Gasteiger partial charge in [0.1, 0.15) is 6.04 Å². The fourth-order valence-corrected chi connectivity index (χ4v) is 6.09. The molecule has 1 atom stereocenters. The molecule has 190 valence electrons. The zero-order valence-corrected chi connectivity index (χ0v) is 22.4. The van der Waals surface area contributed by atoms with Crippen molar-refractivity contribution < 1.29 is 18.0 Å². The summed E-state index contributed by atoms with van der Waals surface area (Å²) in [5.41, 5.74) is 2.48. The molecular weight excluding hydrogens is 486 g/mol. The number of rotatable bonds is 8. The monoisotopic (exact) mass is 519 g/mol. The summed E-state index contributed by atoms with van der Waals surface area (Å²) in [6.07, 6.45) is 3.60. The van der Waals surface area contributed by atoms with E-state index >= 15 is 0 Å². The highest BCUT2D eigenvalue weighted by molar-refractivity contribution is 7.92. The number of carbonyl (C=O) groups is 2. The van der Waals surface area contributed by atoms with Crippen molar-refractivity contribution in [1.82, 2.24) is 10.2 Å². The lowest BCUT2D eigenvalue weighted by Gasteiger charge is -2.29. The first-order chi connectivity index (χ1) is 16.5. The van der Waals surface area contributed by atoms with E-state index in [-0.39, 0.29) is 23.1 Å². The Labute approximate surface area is 213 Å². The second-order valence-corrected chi connectivity index (χ2v) is 11.5. The third-order valence-electron chi connectivity index (χ3n) is 6.46. The number of carbonyl (C=O) groups excluding carboxylic acids is 2. The van der Waals surface area contributed by atoms with Gasteiger partial charge in [0.05, 0.1) is 10.6 Å². The topological polar surface area (TPSA) is 86.8 Å². The number of piperidine rings is 1. The average molecular weight is 520 g/mol. The smallest absolute Gasteiger partial charge is 0.264 e. The molecule has 0 aliphatic carbocycles. The maximum absolute atomic E-state index is 13.4. The van der Waals surface area contributed by atoms with Crippen molar-refractivity contribution in [1.29, 1.82) is 0 Å². The molecule has 1 N–H and O–H groups in total. The van der Waals surface area contributed by atoms with Crippen LogP contribution in [0.25, 0.3) is 0 Å². The van der Waals surface area contributed by atoms with Crippen molar-refractivity contribution in [2.75, 3.05) is 24.4 Å². The van der Waals surface area contributed by atoms with E-state index in [1.807, 2.05) is 17.0 Å². The molecule has 0 aromatic heterocycles. The minimum atomic E-state index is -3.84. The molecule has 1 aliphatic rings. The molecule has 2 amide bonds. The van der Waals surface area contributed by atoms with Crippen LogP contribution in [0.3, 0.4) is 0 Å². The predicted octanol–water partition coefficient (Wildman–Crippen LogP) is 4.23. The Morgan fingerprint density at radius 2 is 1.74 bits per heavy atom. The van der Waals surface area contributed by atoms with Gasteiger partial charge in [0.15, 0.2) is 0 Å². The largest absolute Gasteiger partial charge is 0.345 e. The van der Waals surface area contributed by atoms with Gasteiger partial charge in [-0.3, -0.25) is 13.9 Å². The summed E-state index contributed by atoms with van der Waals surface area (Å²) < 4.78 is 28.1. The molecule has 0 saturated carbocycles. The maximum Gasteiger partial charge on any atom is 0.264 e. The molecule has 35 heavy (non-hydrogen) atoms. The molecule has 9 heteroatoms. The van der Waals surface area contributed by atoms with Crippen LogP contribution in [-0.2, 0) is 26.0 Å². The van der Waals surface area contributed by atoms with E-state index < -0.39 is 16.1 Å². The molecule has 1 saturated heterocycles. The molecule has 2 aromatic carbocycles. The van der Waals surface area contributed by atoms with E-state index in [2.05, 4.69) is 5.32 Å². The lowest BCUT2D eigenvalue weighted by Crippen LogP contribution is -2.48. The molecule has 0 unspecified atom stereocenters. The van der Waals surface area contributed by atoms with Gasteiger partial charge in [-0.15, -0.1) is 0 Å². The molecule has 3 rings (SSSR count). The normalized spacial score (nSPS) is 14.9. The van der Waals surface area contributed by atoms with Gasteiger partial charge in [-0.2, -0.15) is 0 Å². The summed E-state index contributed by atoms with van der Waals surface area (Å²) in [5, 5.41) is 3.31. The standard InChI is InChI=1S/C26H34ClN3O4S/c1-18-17-24(19(2)16-22(18)27)35(33,34)29(4)23-11-7-6-10-21(23)12-13-25(31)28-20(3)26(32)30-14-8-5-9-15-30/h6-7,10-11,16-17,20H,5,8-9,12-15H2,1-4H3,(H,28,31)/t20-/m0/s1. The first kappa shape index (κ1) is 27.0. The Balaban J connectivity index is 1.70. The van der Waals surface area contributed by atoms with Crippen LogP contribution in [0.1, 0.15) is 49.3 Å². The Hall–Kier alpha value is -2.58. The number of benzene rings is 2. The van der Waals surface area contributed by atoms with Crippen LogP contribution in [0, 0.1) is 13.8 Å². The number of nitrogens with zero attached hydrogens (tertiary/aromatic N) is 2. The summed E-state index contributed by atoms with van der Waals surface area (Å²) in [4.78, 5) is 27.2. The molecule has 1 heterocycles. The molecule has 1 fully saturated rings. The summed E-state index contributed by atoms with van der Waals surface area (Å²) in [7, 11) is -2.33. The molecule has 0 radical (unpaired) electrons. The number of para-hydroxylation sites is 1. The van der Waals surface area contributed by atoms with Crippen molar-refractivity contribution in [3.8, 4) is 0 Å². The van der Waals surface area contributed by atoms with Crippen molar-refractivity contribution in [3.05, 3.63) is 58.1 Å². The summed E-state index contributed by atoms with van der Waals surface area (Å²) >= 11 is 6.16. The number of sulfonamides is 1. The van der Waals surface area contributed by atoms with Crippen LogP contribution in [0.5, 0.6) is 0 Å². The van der Waals surface area contributed by atoms with E-state index in [4.69, 9.17) is 11.6 Å². The van der Waals surface area contributed by atoms with Crippen LogP contribution in [0.15, 0.2) is 41.3 Å². The van der Waals surface area contributed by atoms with Crippen molar-refractivity contribution in [2.24, 2.45) is 0 Å². The summed E-state index contributed by atoms with van der Waals surface area (Å²) in [6, 6.07) is 9.78. The van der Waals surface area contributed by atoms with Crippen LogP contribution in [0.2, 0.25) is 5.02 Å². The number of aryl methyl sites for hydroxylation is 3. The Kier molecular flexibility index (Phi) is 8.83. The summed E-state index contributed by atoms with van der Waals surface area (Å²) in [5.74, 6) is -0.301. The number of hydrogen-bond donors (Lipinski definition) is 1. The van der Waals surface area contributed by atoms with Gasteiger partial charge in [-0.1, -0.05) is 29.8 Å². The first-order valence-corrected chi connectivity index (χ1v) is 13.8. The number of hydrogen-bond acceptors (Lipinski definition) is 4. The number of anilines is 1. The number of amides is 2. The van der Waals surface area contributed by atoms with Crippen molar-refractivity contribution in [2.45, 2.75) is 63.8 Å². The number of halogens is 1. The van der Waals surface area contributed by atoms with Gasteiger partial charge in [0.25, 0.3) is 10.0 Å². The lowest BCUT2D eigenvalue weighted by molar-refractivity contribution is -0.136. The highest BCUT2D eigenvalue weighted by atomic mass is 35.5. The van der Waals surface area contributed by atoms with Crippen LogP contribution < -0.4 is 9.62 Å². The van der Waals surface area contributed by atoms with Gasteiger partial charge in [0.2, 0.25) is 11.8 Å². The molecular formula is C26H34ClN3O4S. The maximum atomic E-state index is 13.4.